The molecule has 7 nitrogen and oxygen atoms in total. The smallest absolute Gasteiger partial charge is 0.254 e. The maximum absolute atomic E-state index is 12.7. The van der Waals surface area contributed by atoms with Crippen LogP contribution < -0.4 is 15.0 Å². The molecule has 1 aromatic carbocycles. The molecule has 0 bridgehead atoms. The Bertz CT molecular complexity index is 1100. The van der Waals surface area contributed by atoms with Gasteiger partial charge in [-0.05, 0) is 50.1 Å². The molecule has 0 atom stereocenters. The summed E-state index contributed by atoms with van der Waals surface area (Å²) in [6.07, 6.45) is 4.90. The van der Waals surface area contributed by atoms with E-state index in [0.29, 0.717) is 12.2 Å². The maximum atomic E-state index is 12.7. The number of H-pyrrole nitrogens is 1. The molecule has 0 spiro atoms. The Morgan fingerprint density at radius 1 is 1.10 bits per heavy atom. The third-order valence-corrected chi connectivity index (χ3v) is 5.39. The van der Waals surface area contributed by atoms with Gasteiger partial charge in [0.25, 0.3) is 5.56 Å². The Morgan fingerprint density at radius 2 is 1.87 bits per heavy atom. The summed E-state index contributed by atoms with van der Waals surface area (Å²) in [5.41, 5.74) is 3.65. The largest absolute Gasteiger partial charge is 0.493 e. The lowest BCUT2D eigenvalue weighted by atomic mass is 10.1. The standard InChI is InChI=1S/C24H28N4O3/c1-16(2)31-22-14-17(4-5-21(22)30-3)15-28-12-8-19-20(9-13-28)26-23(27-24(19)29)18-6-10-25-11-7-18/h4-7,10-11,14,16H,8-9,12-13,15H2,1-3H3,(H,26,27,29). The van der Waals surface area contributed by atoms with E-state index in [1.54, 1.807) is 19.5 Å². The molecule has 0 fully saturated rings. The van der Waals surface area contributed by atoms with Crippen LogP contribution in [-0.4, -0.2) is 46.2 Å². The van der Waals surface area contributed by atoms with E-state index in [9.17, 15) is 4.79 Å². The van der Waals surface area contributed by atoms with Crippen LogP contribution in [0.4, 0.5) is 0 Å². The third kappa shape index (κ3) is 4.94. The molecule has 0 amide bonds. The highest BCUT2D eigenvalue weighted by atomic mass is 16.5. The van der Waals surface area contributed by atoms with E-state index in [1.807, 2.05) is 38.1 Å². The van der Waals surface area contributed by atoms with Crippen LogP contribution in [0.5, 0.6) is 11.5 Å². The second kappa shape index (κ2) is 9.31. The molecule has 1 N–H and O–H groups in total. The zero-order chi connectivity index (χ0) is 21.8. The molecule has 31 heavy (non-hydrogen) atoms. The van der Waals surface area contributed by atoms with Gasteiger partial charge in [-0.25, -0.2) is 4.98 Å². The minimum Gasteiger partial charge on any atom is -0.493 e. The average Bonchev–Trinajstić information content (AvgIpc) is 2.97. The van der Waals surface area contributed by atoms with Crippen molar-refractivity contribution >= 4 is 0 Å². The topological polar surface area (TPSA) is 80.3 Å². The van der Waals surface area contributed by atoms with Crippen molar-refractivity contribution in [2.75, 3.05) is 20.2 Å². The number of aromatic amines is 1. The van der Waals surface area contributed by atoms with E-state index in [-0.39, 0.29) is 11.7 Å². The zero-order valence-corrected chi connectivity index (χ0v) is 18.2. The maximum Gasteiger partial charge on any atom is 0.254 e. The lowest BCUT2D eigenvalue weighted by molar-refractivity contribution is 0.228. The van der Waals surface area contributed by atoms with Crippen LogP contribution in [0.1, 0.15) is 30.7 Å². The van der Waals surface area contributed by atoms with Gasteiger partial charge in [-0.15, -0.1) is 0 Å². The fraction of sp³-hybridized carbons (Fsp3) is 0.375. The number of nitrogens with one attached hydrogen (secondary N) is 1. The highest BCUT2D eigenvalue weighted by molar-refractivity contribution is 5.54. The average molecular weight is 421 g/mol. The van der Waals surface area contributed by atoms with Gasteiger partial charge in [0.05, 0.1) is 18.9 Å². The molecule has 2 aromatic heterocycles. The van der Waals surface area contributed by atoms with E-state index in [2.05, 4.69) is 20.9 Å². The van der Waals surface area contributed by atoms with Crippen molar-refractivity contribution in [3.8, 4) is 22.9 Å². The monoisotopic (exact) mass is 420 g/mol. The van der Waals surface area contributed by atoms with E-state index in [1.165, 1.54) is 0 Å². The van der Waals surface area contributed by atoms with Crippen LogP contribution >= 0.6 is 0 Å². The SMILES string of the molecule is COc1ccc(CN2CCc3nc(-c4ccncc4)[nH]c(=O)c3CC2)cc1OC(C)C. The van der Waals surface area contributed by atoms with Crippen LogP contribution in [0, 0.1) is 0 Å². The molecule has 162 valence electrons. The molecule has 3 aromatic rings. The molecule has 3 heterocycles. The first kappa shape index (κ1) is 21.1. The zero-order valence-electron chi connectivity index (χ0n) is 18.2. The first-order chi connectivity index (χ1) is 15.0. The first-order valence-electron chi connectivity index (χ1n) is 10.6. The van der Waals surface area contributed by atoms with Crippen LogP contribution in [0.2, 0.25) is 0 Å². The Hall–Kier alpha value is -3.19. The van der Waals surface area contributed by atoms with Crippen molar-refractivity contribution < 1.29 is 9.47 Å². The highest BCUT2D eigenvalue weighted by Crippen LogP contribution is 2.29. The summed E-state index contributed by atoms with van der Waals surface area (Å²) in [6, 6.07) is 9.77. The lowest BCUT2D eigenvalue weighted by Gasteiger charge is -2.21. The van der Waals surface area contributed by atoms with Gasteiger partial charge < -0.3 is 14.5 Å². The van der Waals surface area contributed by atoms with Gasteiger partial charge >= 0.3 is 0 Å². The first-order valence-corrected chi connectivity index (χ1v) is 10.6. The summed E-state index contributed by atoms with van der Waals surface area (Å²) in [5, 5.41) is 0. The number of ether oxygens (including phenoxy) is 2. The fourth-order valence-electron chi connectivity index (χ4n) is 3.88. The summed E-state index contributed by atoms with van der Waals surface area (Å²) < 4.78 is 11.3. The van der Waals surface area contributed by atoms with Crippen molar-refractivity contribution in [1.29, 1.82) is 0 Å². The number of hydrogen-bond donors (Lipinski definition) is 1. The van der Waals surface area contributed by atoms with Gasteiger partial charge in [0, 0.05) is 49.6 Å². The van der Waals surface area contributed by atoms with Gasteiger partial charge in [0.1, 0.15) is 5.82 Å². The molecule has 0 saturated heterocycles. The lowest BCUT2D eigenvalue weighted by Crippen LogP contribution is -2.26. The highest BCUT2D eigenvalue weighted by Gasteiger charge is 2.20. The predicted molar refractivity (Wildman–Crippen MR) is 120 cm³/mol. The van der Waals surface area contributed by atoms with Crippen molar-refractivity contribution in [2.45, 2.75) is 39.3 Å². The van der Waals surface area contributed by atoms with E-state index < -0.39 is 0 Å². The Labute approximate surface area is 182 Å². The van der Waals surface area contributed by atoms with Crippen LogP contribution in [0.25, 0.3) is 11.4 Å². The molecule has 4 rings (SSSR count). The Kier molecular flexibility index (Phi) is 6.32. The number of rotatable bonds is 6. The minimum absolute atomic E-state index is 0.0456. The quantitative estimate of drug-likeness (QED) is 0.660. The van der Waals surface area contributed by atoms with Gasteiger partial charge in [-0.3, -0.25) is 14.7 Å². The number of hydrogen-bond acceptors (Lipinski definition) is 6. The normalized spacial score (nSPS) is 14.2. The van der Waals surface area contributed by atoms with E-state index in [0.717, 1.165) is 59.9 Å². The number of benzene rings is 1. The number of fused-ring (bicyclic) bond motifs is 1. The molecule has 0 unspecified atom stereocenters. The van der Waals surface area contributed by atoms with Crippen molar-refractivity contribution in [1.82, 2.24) is 19.9 Å². The molecule has 1 aliphatic heterocycles. The number of methoxy groups -OCH3 is 1. The van der Waals surface area contributed by atoms with Gasteiger partial charge in [0.15, 0.2) is 11.5 Å². The Morgan fingerprint density at radius 3 is 2.61 bits per heavy atom. The molecule has 0 radical (unpaired) electrons. The van der Waals surface area contributed by atoms with Crippen molar-refractivity contribution in [3.63, 3.8) is 0 Å². The van der Waals surface area contributed by atoms with E-state index >= 15 is 0 Å². The van der Waals surface area contributed by atoms with E-state index in [4.69, 9.17) is 14.5 Å². The predicted octanol–water partition coefficient (Wildman–Crippen LogP) is 3.23. The number of aromatic nitrogens is 3. The van der Waals surface area contributed by atoms with Crippen molar-refractivity contribution in [3.05, 3.63) is 69.9 Å². The third-order valence-electron chi connectivity index (χ3n) is 5.39. The van der Waals surface area contributed by atoms with Gasteiger partial charge in [-0.2, -0.15) is 0 Å². The summed E-state index contributed by atoms with van der Waals surface area (Å²) in [7, 11) is 1.65. The van der Waals surface area contributed by atoms with Crippen LogP contribution in [-0.2, 0) is 19.4 Å². The summed E-state index contributed by atoms with van der Waals surface area (Å²) >= 11 is 0. The van der Waals surface area contributed by atoms with Crippen molar-refractivity contribution in [2.24, 2.45) is 0 Å². The molecule has 1 aliphatic rings. The van der Waals surface area contributed by atoms with Crippen LogP contribution in [0.15, 0.2) is 47.5 Å². The second-order valence-corrected chi connectivity index (χ2v) is 8.00. The fourth-order valence-corrected chi connectivity index (χ4v) is 3.88. The molecule has 0 saturated carbocycles. The molecule has 7 heteroatoms. The molecular weight excluding hydrogens is 392 g/mol. The van der Waals surface area contributed by atoms with Gasteiger partial charge in [-0.1, -0.05) is 6.07 Å². The second-order valence-electron chi connectivity index (χ2n) is 8.00. The van der Waals surface area contributed by atoms with Crippen LogP contribution in [0.3, 0.4) is 0 Å². The summed E-state index contributed by atoms with van der Waals surface area (Å²) in [5.74, 6) is 2.10. The number of nitrogens with zero attached hydrogens (tertiary/aromatic N) is 3. The Balaban J connectivity index is 1.51. The molecule has 0 aliphatic carbocycles. The minimum atomic E-state index is -0.0456. The van der Waals surface area contributed by atoms with Gasteiger partial charge in [0.2, 0.25) is 0 Å². The summed E-state index contributed by atoms with van der Waals surface area (Å²) in [6.45, 7) is 6.43. The summed E-state index contributed by atoms with van der Waals surface area (Å²) in [4.78, 5) is 26.8. The number of pyridine rings is 1. The molecular formula is C24H28N4O3.